The van der Waals surface area contributed by atoms with Crippen molar-refractivity contribution >= 4 is 33.0 Å². The number of hydrogen-bond acceptors (Lipinski definition) is 4. The van der Waals surface area contributed by atoms with Gasteiger partial charge in [-0.25, -0.2) is 13.1 Å². The molecule has 0 aliphatic rings. The zero-order chi connectivity index (χ0) is 19.2. The van der Waals surface area contributed by atoms with Crippen molar-refractivity contribution in [2.45, 2.75) is 44.8 Å². The lowest BCUT2D eigenvalue weighted by atomic mass is 10.1. The van der Waals surface area contributed by atoms with E-state index in [0.717, 1.165) is 11.3 Å². The third-order valence-corrected chi connectivity index (χ3v) is 7.02. The van der Waals surface area contributed by atoms with E-state index < -0.39 is 14.8 Å². The van der Waals surface area contributed by atoms with Crippen LogP contribution in [0.25, 0.3) is 10.4 Å². The summed E-state index contributed by atoms with van der Waals surface area (Å²) in [6.07, 6.45) is 1.62. The summed E-state index contributed by atoms with van der Waals surface area (Å²) < 4.78 is 25.6. The van der Waals surface area contributed by atoms with Gasteiger partial charge in [-0.2, -0.15) is 0 Å². The Hall–Kier alpha value is -1.70. The van der Waals surface area contributed by atoms with E-state index in [1.54, 1.807) is 32.1 Å². The number of carbonyl (C=O) groups excluding carboxylic acids is 1. The SMILES string of the molecule is CC(C)(C)S(=O)(=O)NCCCCC(=O)Nc1ccc(-c2cccs2)cc1. The predicted molar refractivity (Wildman–Crippen MR) is 109 cm³/mol. The molecule has 0 radical (unpaired) electrons. The number of thiophene rings is 1. The molecule has 2 rings (SSSR count). The van der Waals surface area contributed by atoms with Gasteiger partial charge in [0, 0.05) is 23.5 Å². The van der Waals surface area contributed by atoms with E-state index in [9.17, 15) is 13.2 Å². The second kappa shape index (κ2) is 8.79. The summed E-state index contributed by atoms with van der Waals surface area (Å²) in [4.78, 5) is 13.2. The zero-order valence-electron chi connectivity index (χ0n) is 15.4. The van der Waals surface area contributed by atoms with Gasteiger partial charge in [0.25, 0.3) is 0 Å². The summed E-state index contributed by atoms with van der Waals surface area (Å²) in [7, 11) is -3.32. The number of unbranched alkanes of at least 4 members (excludes halogenated alkanes) is 1. The van der Waals surface area contributed by atoms with Crippen LogP contribution >= 0.6 is 11.3 Å². The Morgan fingerprint density at radius 1 is 1.08 bits per heavy atom. The molecule has 2 aromatic rings. The molecule has 0 saturated heterocycles. The van der Waals surface area contributed by atoms with E-state index >= 15 is 0 Å². The van der Waals surface area contributed by atoms with Crippen molar-refractivity contribution in [3.63, 3.8) is 0 Å². The average molecular weight is 395 g/mol. The first kappa shape index (κ1) is 20.6. The van der Waals surface area contributed by atoms with Crippen LogP contribution in [-0.4, -0.2) is 25.6 Å². The number of rotatable bonds is 8. The third-order valence-electron chi connectivity index (χ3n) is 3.90. The minimum atomic E-state index is -3.32. The first-order valence-corrected chi connectivity index (χ1v) is 11.0. The molecule has 1 heterocycles. The Balaban J connectivity index is 1.71. The summed E-state index contributed by atoms with van der Waals surface area (Å²) in [6.45, 7) is 5.33. The Morgan fingerprint density at radius 3 is 2.35 bits per heavy atom. The molecule has 1 aromatic carbocycles. The topological polar surface area (TPSA) is 75.3 Å². The first-order chi connectivity index (χ1) is 12.2. The molecular weight excluding hydrogens is 368 g/mol. The molecule has 5 nitrogen and oxygen atoms in total. The van der Waals surface area contributed by atoms with E-state index in [1.807, 2.05) is 35.7 Å². The number of hydrogen-bond donors (Lipinski definition) is 2. The molecule has 7 heteroatoms. The van der Waals surface area contributed by atoms with E-state index in [1.165, 1.54) is 4.88 Å². The van der Waals surface area contributed by atoms with Crippen molar-refractivity contribution in [1.29, 1.82) is 0 Å². The Labute approximate surface area is 159 Å². The maximum Gasteiger partial charge on any atom is 0.224 e. The summed E-state index contributed by atoms with van der Waals surface area (Å²) >= 11 is 1.68. The summed E-state index contributed by atoms with van der Waals surface area (Å²) in [6, 6.07) is 11.8. The lowest BCUT2D eigenvalue weighted by Gasteiger charge is -2.19. The molecule has 0 aliphatic heterocycles. The van der Waals surface area contributed by atoms with Gasteiger partial charge in [-0.1, -0.05) is 18.2 Å². The zero-order valence-corrected chi connectivity index (χ0v) is 17.0. The maximum atomic E-state index is 12.0. The molecule has 142 valence electrons. The molecular formula is C19H26N2O3S2. The van der Waals surface area contributed by atoms with Gasteiger partial charge >= 0.3 is 0 Å². The van der Waals surface area contributed by atoms with Gasteiger partial charge in [0.1, 0.15) is 0 Å². The van der Waals surface area contributed by atoms with Gasteiger partial charge in [-0.3, -0.25) is 4.79 Å². The fourth-order valence-corrected chi connectivity index (χ4v) is 3.80. The van der Waals surface area contributed by atoms with Crippen LogP contribution in [0.2, 0.25) is 0 Å². The summed E-state index contributed by atoms with van der Waals surface area (Å²) in [5.74, 6) is -0.0625. The lowest BCUT2D eigenvalue weighted by Crippen LogP contribution is -2.39. The van der Waals surface area contributed by atoms with E-state index in [2.05, 4.69) is 16.1 Å². The highest BCUT2D eigenvalue weighted by Crippen LogP contribution is 2.25. The molecule has 0 aliphatic carbocycles. The molecule has 0 spiro atoms. The van der Waals surface area contributed by atoms with Crippen molar-refractivity contribution in [1.82, 2.24) is 4.72 Å². The predicted octanol–water partition coefficient (Wildman–Crippen LogP) is 4.24. The quantitative estimate of drug-likeness (QED) is 0.658. The van der Waals surface area contributed by atoms with Crippen LogP contribution in [0.1, 0.15) is 40.0 Å². The van der Waals surface area contributed by atoms with Crippen molar-refractivity contribution < 1.29 is 13.2 Å². The van der Waals surface area contributed by atoms with Crippen LogP contribution in [0.3, 0.4) is 0 Å². The summed E-state index contributed by atoms with van der Waals surface area (Å²) in [5, 5.41) is 4.91. The number of anilines is 1. The highest BCUT2D eigenvalue weighted by molar-refractivity contribution is 7.90. The highest BCUT2D eigenvalue weighted by Gasteiger charge is 2.27. The molecule has 0 bridgehead atoms. The minimum absolute atomic E-state index is 0.0625. The van der Waals surface area contributed by atoms with Gasteiger partial charge < -0.3 is 5.32 Å². The van der Waals surface area contributed by atoms with Crippen LogP contribution in [0.4, 0.5) is 5.69 Å². The molecule has 0 atom stereocenters. The molecule has 26 heavy (non-hydrogen) atoms. The number of sulfonamides is 1. The Kier molecular flexibility index (Phi) is 6.97. The van der Waals surface area contributed by atoms with Crippen LogP contribution in [-0.2, 0) is 14.8 Å². The van der Waals surface area contributed by atoms with Crippen molar-refractivity contribution in [2.75, 3.05) is 11.9 Å². The standard InChI is InChI=1S/C19H26N2O3S2/c1-19(2,3)26(23,24)20-13-5-4-8-18(22)21-16-11-9-15(10-12-16)17-7-6-14-25-17/h6-7,9-12,14,20H,4-5,8,13H2,1-3H3,(H,21,22). The molecule has 0 unspecified atom stereocenters. The minimum Gasteiger partial charge on any atom is -0.326 e. The van der Waals surface area contributed by atoms with Crippen LogP contribution in [0, 0.1) is 0 Å². The van der Waals surface area contributed by atoms with E-state index in [0.29, 0.717) is 25.8 Å². The molecule has 2 N–H and O–H groups in total. The Bertz CT molecular complexity index is 805. The van der Waals surface area contributed by atoms with E-state index in [-0.39, 0.29) is 5.91 Å². The van der Waals surface area contributed by atoms with Crippen molar-refractivity contribution in [3.05, 3.63) is 41.8 Å². The van der Waals surface area contributed by atoms with Gasteiger partial charge in [-0.15, -0.1) is 11.3 Å². The number of amides is 1. The molecule has 1 amide bonds. The fraction of sp³-hybridized carbons (Fsp3) is 0.421. The number of benzene rings is 1. The normalized spacial score (nSPS) is 12.1. The maximum absolute atomic E-state index is 12.0. The van der Waals surface area contributed by atoms with Gasteiger partial charge in [0.05, 0.1) is 4.75 Å². The second-order valence-electron chi connectivity index (χ2n) is 7.07. The smallest absolute Gasteiger partial charge is 0.224 e. The molecule has 0 saturated carbocycles. The highest BCUT2D eigenvalue weighted by atomic mass is 32.2. The monoisotopic (exact) mass is 394 g/mol. The van der Waals surface area contributed by atoms with Crippen molar-refractivity contribution in [3.8, 4) is 10.4 Å². The van der Waals surface area contributed by atoms with Crippen LogP contribution in [0.15, 0.2) is 41.8 Å². The van der Waals surface area contributed by atoms with Gasteiger partial charge in [0.15, 0.2) is 0 Å². The van der Waals surface area contributed by atoms with Gasteiger partial charge in [0.2, 0.25) is 15.9 Å². The van der Waals surface area contributed by atoms with Crippen LogP contribution < -0.4 is 10.0 Å². The average Bonchev–Trinajstić information content (AvgIpc) is 3.08. The third kappa shape index (κ3) is 5.93. The number of nitrogens with one attached hydrogen (secondary N) is 2. The largest absolute Gasteiger partial charge is 0.326 e. The lowest BCUT2D eigenvalue weighted by molar-refractivity contribution is -0.116. The van der Waals surface area contributed by atoms with Crippen LogP contribution in [0.5, 0.6) is 0 Å². The van der Waals surface area contributed by atoms with E-state index in [4.69, 9.17) is 0 Å². The van der Waals surface area contributed by atoms with Gasteiger partial charge in [-0.05, 0) is 62.8 Å². The first-order valence-electron chi connectivity index (χ1n) is 8.62. The Morgan fingerprint density at radius 2 is 1.77 bits per heavy atom. The van der Waals surface area contributed by atoms with Crippen molar-refractivity contribution in [2.24, 2.45) is 0 Å². The second-order valence-corrected chi connectivity index (χ2v) is 10.5. The molecule has 0 fully saturated rings. The molecule has 1 aromatic heterocycles. The summed E-state index contributed by atoms with van der Waals surface area (Å²) in [5.41, 5.74) is 1.90. The fourth-order valence-electron chi connectivity index (χ4n) is 2.22. The number of carbonyl (C=O) groups is 1.